The van der Waals surface area contributed by atoms with E-state index >= 15 is 0 Å². The van der Waals surface area contributed by atoms with Gasteiger partial charge in [0.25, 0.3) is 10.0 Å². The van der Waals surface area contributed by atoms with Crippen LogP contribution in [-0.4, -0.2) is 52.2 Å². The molecule has 1 atom stereocenters. The first-order chi connectivity index (χ1) is 11.9. The van der Waals surface area contributed by atoms with Crippen LogP contribution in [0.5, 0.6) is 0 Å². The SMILES string of the molecule is CCc1nnc(C2CN(S(=O)(=O)c3cn(CC(C)C)cn3)CCO2)o1. The van der Waals surface area contributed by atoms with Crippen molar-refractivity contribution in [3.8, 4) is 0 Å². The number of aryl methyl sites for hydroxylation is 1. The van der Waals surface area contributed by atoms with Gasteiger partial charge in [0.2, 0.25) is 11.8 Å². The fourth-order valence-corrected chi connectivity index (χ4v) is 4.02. The van der Waals surface area contributed by atoms with E-state index in [9.17, 15) is 8.42 Å². The van der Waals surface area contributed by atoms with Crippen molar-refractivity contribution in [2.24, 2.45) is 5.92 Å². The average molecular weight is 369 g/mol. The molecule has 1 unspecified atom stereocenters. The summed E-state index contributed by atoms with van der Waals surface area (Å²) >= 11 is 0. The Hall–Kier alpha value is -1.78. The van der Waals surface area contributed by atoms with Gasteiger partial charge >= 0.3 is 0 Å². The molecule has 138 valence electrons. The third kappa shape index (κ3) is 3.91. The molecular weight excluding hydrogens is 346 g/mol. The van der Waals surface area contributed by atoms with Crippen molar-refractivity contribution in [1.82, 2.24) is 24.1 Å². The summed E-state index contributed by atoms with van der Waals surface area (Å²) in [5.41, 5.74) is 0. The van der Waals surface area contributed by atoms with Crippen LogP contribution in [-0.2, 0) is 27.7 Å². The summed E-state index contributed by atoms with van der Waals surface area (Å²) in [5.74, 6) is 1.22. The molecule has 1 fully saturated rings. The predicted octanol–water partition coefficient (Wildman–Crippen LogP) is 1.25. The van der Waals surface area contributed by atoms with Crippen molar-refractivity contribution < 1.29 is 17.6 Å². The van der Waals surface area contributed by atoms with Crippen LogP contribution in [0.4, 0.5) is 0 Å². The quantitative estimate of drug-likeness (QED) is 0.755. The number of hydrogen-bond acceptors (Lipinski definition) is 7. The summed E-state index contributed by atoms with van der Waals surface area (Å²) in [6, 6.07) is 0. The van der Waals surface area contributed by atoms with E-state index in [0.717, 1.165) is 6.54 Å². The molecule has 2 aromatic heterocycles. The van der Waals surface area contributed by atoms with E-state index in [4.69, 9.17) is 9.15 Å². The molecule has 0 bridgehead atoms. The van der Waals surface area contributed by atoms with Gasteiger partial charge in [-0.1, -0.05) is 20.8 Å². The van der Waals surface area contributed by atoms with E-state index in [2.05, 4.69) is 29.0 Å². The van der Waals surface area contributed by atoms with Gasteiger partial charge in [-0.2, -0.15) is 4.31 Å². The number of rotatable bonds is 6. The number of sulfonamides is 1. The largest absolute Gasteiger partial charge is 0.422 e. The minimum absolute atomic E-state index is 0.0496. The number of imidazole rings is 1. The second-order valence-electron chi connectivity index (χ2n) is 6.41. The molecule has 1 saturated heterocycles. The zero-order chi connectivity index (χ0) is 18.0. The number of ether oxygens (including phenoxy) is 1. The average Bonchev–Trinajstić information content (AvgIpc) is 3.24. The maximum absolute atomic E-state index is 12.9. The number of aromatic nitrogens is 4. The zero-order valence-electron chi connectivity index (χ0n) is 14.6. The lowest BCUT2D eigenvalue weighted by molar-refractivity contribution is -0.0178. The van der Waals surface area contributed by atoms with Crippen molar-refractivity contribution in [2.45, 2.75) is 44.9 Å². The lowest BCUT2D eigenvalue weighted by Crippen LogP contribution is -2.42. The third-order valence-electron chi connectivity index (χ3n) is 3.88. The highest BCUT2D eigenvalue weighted by Crippen LogP contribution is 2.25. The molecule has 3 rings (SSSR count). The normalized spacial score (nSPS) is 19.6. The Balaban J connectivity index is 1.76. The summed E-state index contributed by atoms with van der Waals surface area (Å²) in [7, 11) is -3.69. The van der Waals surface area contributed by atoms with Crippen molar-refractivity contribution in [3.05, 3.63) is 24.3 Å². The molecule has 1 aliphatic rings. The number of morpholine rings is 1. The summed E-state index contributed by atoms with van der Waals surface area (Å²) < 4.78 is 40.0. The number of hydrogen-bond donors (Lipinski definition) is 0. The second kappa shape index (κ2) is 7.22. The van der Waals surface area contributed by atoms with Crippen LogP contribution in [0.25, 0.3) is 0 Å². The van der Waals surface area contributed by atoms with Crippen molar-refractivity contribution >= 4 is 10.0 Å². The van der Waals surface area contributed by atoms with Gasteiger partial charge in [-0.05, 0) is 5.92 Å². The summed E-state index contributed by atoms with van der Waals surface area (Å²) in [6.07, 6.45) is 3.18. The Morgan fingerprint density at radius 3 is 2.84 bits per heavy atom. The fourth-order valence-electron chi connectivity index (χ4n) is 2.66. The van der Waals surface area contributed by atoms with E-state index in [1.165, 1.54) is 4.31 Å². The Kier molecular flexibility index (Phi) is 5.21. The van der Waals surface area contributed by atoms with Gasteiger partial charge in [0.1, 0.15) is 6.10 Å². The molecule has 25 heavy (non-hydrogen) atoms. The first-order valence-corrected chi connectivity index (χ1v) is 9.80. The second-order valence-corrected chi connectivity index (χ2v) is 8.30. The molecule has 1 aliphatic heterocycles. The Labute approximate surface area is 147 Å². The predicted molar refractivity (Wildman–Crippen MR) is 88.2 cm³/mol. The molecule has 2 aromatic rings. The lowest BCUT2D eigenvalue weighted by Gasteiger charge is -2.29. The molecule has 0 N–H and O–H groups in total. The van der Waals surface area contributed by atoms with Gasteiger partial charge in [0, 0.05) is 32.3 Å². The number of nitrogens with zero attached hydrogens (tertiary/aromatic N) is 5. The van der Waals surface area contributed by atoms with Crippen molar-refractivity contribution in [1.29, 1.82) is 0 Å². The monoisotopic (exact) mass is 369 g/mol. The molecule has 0 spiro atoms. The summed E-state index contributed by atoms with van der Waals surface area (Å²) in [6.45, 7) is 7.42. The van der Waals surface area contributed by atoms with E-state index in [0.29, 0.717) is 24.1 Å². The zero-order valence-corrected chi connectivity index (χ0v) is 15.4. The smallest absolute Gasteiger partial charge is 0.262 e. The van der Waals surface area contributed by atoms with E-state index in [-0.39, 0.29) is 24.7 Å². The van der Waals surface area contributed by atoms with Gasteiger partial charge < -0.3 is 13.7 Å². The first-order valence-electron chi connectivity index (χ1n) is 8.36. The maximum atomic E-state index is 12.9. The molecule has 0 amide bonds. The standard InChI is InChI=1S/C15H23N5O4S/c1-4-13-17-18-15(24-13)12-8-20(5-6-23-12)25(21,22)14-9-19(10-16-14)7-11(2)3/h9-12H,4-8H2,1-3H3. The van der Waals surface area contributed by atoms with Crippen molar-refractivity contribution in [2.75, 3.05) is 19.7 Å². The molecule has 10 heteroatoms. The molecule has 0 aromatic carbocycles. The molecule has 0 saturated carbocycles. The molecule has 0 aliphatic carbocycles. The summed E-state index contributed by atoms with van der Waals surface area (Å²) in [5, 5.41) is 7.91. The lowest BCUT2D eigenvalue weighted by atomic mass is 10.2. The van der Waals surface area contributed by atoms with Crippen molar-refractivity contribution in [3.63, 3.8) is 0 Å². The summed E-state index contributed by atoms with van der Waals surface area (Å²) in [4.78, 5) is 4.07. The van der Waals surface area contributed by atoms with Crippen LogP contribution < -0.4 is 0 Å². The van der Waals surface area contributed by atoms with Crippen LogP contribution in [0, 0.1) is 5.92 Å². The highest BCUT2D eigenvalue weighted by molar-refractivity contribution is 7.89. The van der Waals surface area contributed by atoms with Gasteiger partial charge in [-0.3, -0.25) is 0 Å². The van der Waals surface area contributed by atoms with E-state index in [1.807, 2.05) is 6.92 Å². The molecule has 9 nitrogen and oxygen atoms in total. The maximum Gasteiger partial charge on any atom is 0.262 e. The van der Waals surface area contributed by atoms with Crippen LogP contribution >= 0.6 is 0 Å². The Morgan fingerprint density at radius 1 is 1.36 bits per heavy atom. The van der Waals surface area contributed by atoms with Gasteiger partial charge in [0.05, 0.1) is 12.9 Å². The topological polar surface area (TPSA) is 103 Å². The van der Waals surface area contributed by atoms with Gasteiger partial charge in [0.15, 0.2) is 5.03 Å². The third-order valence-corrected chi connectivity index (χ3v) is 5.63. The van der Waals surface area contributed by atoms with Crippen LogP contribution in [0.1, 0.15) is 38.7 Å². The van der Waals surface area contributed by atoms with Gasteiger partial charge in [-0.15, -0.1) is 10.2 Å². The van der Waals surface area contributed by atoms with Crippen LogP contribution in [0.3, 0.4) is 0 Å². The van der Waals surface area contributed by atoms with Crippen LogP contribution in [0.15, 0.2) is 22.0 Å². The minimum atomic E-state index is -3.69. The molecule has 0 radical (unpaired) electrons. The molecule has 3 heterocycles. The molecular formula is C15H23N5O4S. The minimum Gasteiger partial charge on any atom is -0.422 e. The van der Waals surface area contributed by atoms with E-state index < -0.39 is 16.1 Å². The van der Waals surface area contributed by atoms with Crippen LogP contribution in [0.2, 0.25) is 0 Å². The first kappa shape index (κ1) is 18.0. The fraction of sp³-hybridized carbons (Fsp3) is 0.667. The highest BCUT2D eigenvalue weighted by atomic mass is 32.2. The van der Waals surface area contributed by atoms with Gasteiger partial charge in [-0.25, -0.2) is 13.4 Å². The highest BCUT2D eigenvalue weighted by Gasteiger charge is 2.35. The Bertz CT molecular complexity index is 814. The van der Waals surface area contributed by atoms with E-state index in [1.54, 1.807) is 17.1 Å². The Morgan fingerprint density at radius 2 is 2.16 bits per heavy atom.